The van der Waals surface area contributed by atoms with E-state index in [9.17, 15) is 18.0 Å². The average molecular weight is 540 g/mol. The van der Waals surface area contributed by atoms with Gasteiger partial charge in [0.15, 0.2) is 0 Å². The molecule has 0 aromatic heterocycles. The van der Waals surface area contributed by atoms with E-state index in [0.717, 1.165) is 64.7 Å². The van der Waals surface area contributed by atoms with Gasteiger partial charge in [0.25, 0.3) is 0 Å². The van der Waals surface area contributed by atoms with Gasteiger partial charge in [-0.25, -0.2) is 22.5 Å². The van der Waals surface area contributed by atoms with Crippen LogP contribution in [-0.2, 0) is 19.6 Å². The fraction of sp³-hybridized carbons (Fsp3) is 0.923. The quantitative estimate of drug-likeness (QED) is 0.549. The number of ether oxygens (including phenoxy) is 1. The lowest BCUT2D eigenvalue weighted by Gasteiger charge is -2.43. The van der Waals surface area contributed by atoms with Gasteiger partial charge in [-0.3, -0.25) is 10.2 Å². The van der Waals surface area contributed by atoms with E-state index in [-0.39, 0.29) is 23.3 Å². The molecule has 5 rings (SSSR count). The van der Waals surface area contributed by atoms with Crippen LogP contribution >= 0.6 is 0 Å². The minimum atomic E-state index is -3.32. The molecule has 0 spiro atoms. The van der Waals surface area contributed by atoms with Crippen LogP contribution < -0.4 is 10.7 Å². The minimum Gasteiger partial charge on any atom is -0.453 e. The molecule has 0 aromatic rings. The van der Waals surface area contributed by atoms with Crippen LogP contribution in [0.5, 0.6) is 0 Å². The van der Waals surface area contributed by atoms with Crippen LogP contribution in [0.4, 0.5) is 4.79 Å². The van der Waals surface area contributed by atoms with Crippen LogP contribution in [0.3, 0.4) is 0 Å². The van der Waals surface area contributed by atoms with Crippen molar-refractivity contribution in [2.75, 3.05) is 46.4 Å². The number of hydrazine groups is 1. The van der Waals surface area contributed by atoms with Crippen molar-refractivity contribution in [3.8, 4) is 0 Å². The number of amides is 2. The van der Waals surface area contributed by atoms with Crippen LogP contribution in [0.1, 0.15) is 70.6 Å². The summed E-state index contributed by atoms with van der Waals surface area (Å²) < 4.78 is 33.2. The number of likely N-dealkylation sites (tertiary alicyclic amines) is 1. The molecule has 11 heteroatoms. The molecular formula is C26H45N5O5S. The van der Waals surface area contributed by atoms with Crippen molar-refractivity contribution in [2.24, 2.45) is 17.8 Å². The van der Waals surface area contributed by atoms with E-state index in [1.165, 1.54) is 13.5 Å². The van der Waals surface area contributed by atoms with Crippen LogP contribution in [0.15, 0.2) is 0 Å². The van der Waals surface area contributed by atoms with E-state index in [4.69, 9.17) is 0 Å². The number of sulfonamides is 1. The Morgan fingerprint density at radius 2 is 1.54 bits per heavy atom. The van der Waals surface area contributed by atoms with E-state index in [2.05, 4.69) is 25.4 Å². The van der Waals surface area contributed by atoms with Crippen molar-refractivity contribution in [3.05, 3.63) is 0 Å². The molecule has 0 aromatic carbocycles. The molecule has 4 aliphatic heterocycles. The Bertz CT molecular complexity index is 910. The molecule has 37 heavy (non-hydrogen) atoms. The molecule has 4 saturated heterocycles. The van der Waals surface area contributed by atoms with Gasteiger partial charge in [0.05, 0.1) is 18.3 Å². The van der Waals surface area contributed by atoms with Crippen molar-refractivity contribution < 1.29 is 22.7 Å². The standard InChI is InChI=1S/C26H45N5O5S/c1-36-26(33)28-21-5-7-22(8-6-21)37(34,35)30-14-9-19(10-15-30)20-11-16-31-24(17-20)23(18-27-31)25(32)29-12-3-2-4-13-29/h19-24,27H,2-18H2,1H3,(H,28,33). The number of hydrogen-bond acceptors (Lipinski definition) is 7. The van der Waals surface area contributed by atoms with Gasteiger partial charge in [0.2, 0.25) is 15.9 Å². The van der Waals surface area contributed by atoms with E-state index < -0.39 is 16.1 Å². The number of nitrogens with one attached hydrogen (secondary N) is 2. The predicted octanol–water partition coefficient (Wildman–Crippen LogP) is 1.92. The maximum atomic E-state index is 13.4. The molecule has 10 nitrogen and oxygen atoms in total. The average Bonchev–Trinajstić information content (AvgIpc) is 3.37. The van der Waals surface area contributed by atoms with Gasteiger partial charge in [-0.05, 0) is 82.5 Å². The number of rotatable bonds is 5. The minimum absolute atomic E-state index is 0.00815. The van der Waals surface area contributed by atoms with E-state index in [1.54, 1.807) is 4.31 Å². The summed E-state index contributed by atoms with van der Waals surface area (Å²) in [6, 6.07) is 0.259. The second-order valence-corrected chi connectivity index (χ2v) is 14.0. The maximum absolute atomic E-state index is 13.4. The first kappa shape index (κ1) is 27.1. The predicted molar refractivity (Wildman–Crippen MR) is 140 cm³/mol. The van der Waals surface area contributed by atoms with Crippen molar-refractivity contribution in [2.45, 2.75) is 88.0 Å². The van der Waals surface area contributed by atoms with E-state index in [1.807, 2.05) is 0 Å². The topological polar surface area (TPSA) is 111 Å². The zero-order chi connectivity index (χ0) is 26.0. The highest BCUT2D eigenvalue weighted by molar-refractivity contribution is 7.89. The van der Waals surface area contributed by atoms with Crippen molar-refractivity contribution in [1.29, 1.82) is 0 Å². The van der Waals surface area contributed by atoms with Gasteiger partial charge in [0, 0.05) is 51.4 Å². The molecule has 3 unspecified atom stereocenters. The van der Waals surface area contributed by atoms with Gasteiger partial charge in [-0.2, -0.15) is 0 Å². The largest absolute Gasteiger partial charge is 0.453 e. The lowest BCUT2D eigenvalue weighted by Crippen LogP contribution is -2.51. The van der Waals surface area contributed by atoms with E-state index >= 15 is 0 Å². The monoisotopic (exact) mass is 539 g/mol. The molecule has 2 amide bonds. The van der Waals surface area contributed by atoms with Crippen LogP contribution in [0, 0.1) is 17.8 Å². The van der Waals surface area contributed by atoms with Crippen molar-refractivity contribution >= 4 is 22.0 Å². The summed E-state index contributed by atoms with van der Waals surface area (Å²) in [5.41, 5.74) is 3.50. The van der Waals surface area contributed by atoms with Crippen molar-refractivity contribution in [1.82, 2.24) is 25.0 Å². The van der Waals surface area contributed by atoms with Crippen LogP contribution in [0.25, 0.3) is 0 Å². The van der Waals surface area contributed by atoms with Gasteiger partial charge >= 0.3 is 6.09 Å². The second-order valence-electron chi connectivity index (χ2n) is 11.8. The highest BCUT2D eigenvalue weighted by Gasteiger charge is 2.46. The molecule has 0 bridgehead atoms. The maximum Gasteiger partial charge on any atom is 0.407 e. The molecule has 4 heterocycles. The molecule has 0 radical (unpaired) electrons. The normalized spacial score (nSPS) is 34.6. The number of hydrogen-bond donors (Lipinski definition) is 2. The van der Waals surface area contributed by atoms with Crippen LogP contribution in [0.2, 0.25) is 0 Å². The lowest BCUT2D eigenvalue weighted by atomic mass is 9.75. The Morgan fingerprint density at radius 1 is 0.865 bits per heavy atom. The molecule has 2 N–H and O–H groups in total. The third-order valence-electron chi connectivity index (χ3n) is 9.78. The molecular weight excluding hydrogens is 494 g/mol. The summed E-state index contributed by atoms with van der Waals surface area (Å²) in [6.45, 7) is 4.74. The van der Waals surface area contributed by atoms with Crippen molar-refractivity contribution in [3.63, 3.8) is 0 Å². The van der Waals surface area contributed by atoms with Gasteiger partial charge in [-0.15, -0.1) is 0 Å². The van der Waals surface area contributed by atoms with Crippen LogP contribution in [-0.4, -0.2) is 98.3 Å². The Balaban J connectivity index is 1.11. The SMILES string of the molecule is COC(=O)NC1CCC(S(=O)(=O)N2CCC(C3CCN4NCC(C(=O)N5CCCCC5)C4C3)CC2)CC1. The Hall–Kier alpha value is -1.43. The summed E-state index contributed by atoms with van der Waals surface area (Å²) in [6.07, 6.45) is 9.49. The summed E-state index contributed by atoms with van der Waals surface area (Å²) in [5.74, 6) is 1.46. The zero-order valence-corrected chi connectivity index (χ0v) is 23.1. The number of alkyl carbamates (subject to hydrolysis) is 1. The first-order valence-electron chi connectivity index (χ1n) is 14.5. The smallest absolute Gasteiger partial charge is 0.407 e. The number of nitrogens with zero attached hydrogens (tertiary/aromatic N) is 3. The number of fused-ring (bicyclic) bond motifs is 1. The Labute approximate surface area is 221 Å². The highest BCUT2D eigenvalue weighted by atomic mass is 32.2. The molecule has 1 aliphatic carbocycles. The molecule has 3 atom stereocenters. The number of piperidine rings is 3. The molecule has 1 saturated carbocycles. The van der Waals surface area contributed by atoms with Gasteiger partial charge in [0.1, 0.15) is 0 Å². The summed E-state index contributed by atoms with van der Waals surface area (Å²) in [5, 5.41) is 4.77. The summed E-state index contributed by atoms with van der Waals surface area (Å²) in [4.78, 5) is 26.8. The third kappa shape index (κ3) is 5.94. The Kier molecular flexibility index (Phi) is 8.62. The highest BCUT2D eigenvalue weighted by Crippen LogP contribution is 2.39. The summed E-state index contributed by atoms with van der Waals surface area (Å²) in [7, 11) is -1.98. The van der Waals surface area contributed by atoms with Gasteiger partial charge < -0.3 is 15.0 Å². The number of carbonyl (C=O) groups excluding carboxylic acids is 2. The summed E-state index contributed by atoms with van der Waals surface area (Å²) >= 11 is 0. The van der Waals surface area contributed by atoms with Gasteiger partial charge in [-0.1, -0.05) is 0 Å². The molecule has 5 aliphatic rings. The molecule has 5 fully saturated rings. The zero-order valence-electron chi connectivity index (χ0n) is 22.3. The fourth-order valence-electron chi connectivity index (χ4n) is 7.53. The number of carbonyl (C=O) groups is 2. The first-order chi connectivity index (χ1) is 17.9. The number of methoxy groups -OCH3 is 1. The third-order valence-corrected chi connectivity index (χ3v) is 12.2. The molecule has 210 valence electrons. The first-order valence-corrected chi connectivity index (χ1v) is 16.0. The van der Waals surface area contributed by atoms with E-state index in [0.29, 0.717) is 56.5 Å². The second kappa shape index (κ2) is 11.8. The fourth-order valence-corrected chi connectivity index (χ4v) is 9.54. The lowest BCUT2D eigenvalue weighted by molar-refractivity contribution is -0.137. The Morgan fingerprint density at radius 3 is 2.22 bits per heavy atom.